The van der Waals surface area contributed by atoms with Crippen molar-refractivity contribution in [2.24, 2.45) is 5.73 Å². The number of nitrogens with two attached hydrogens (primary N) is 1. The molecule has 0 bridgehead atoms. The normalized spacial score (nSPS) is 12.9. The van der Waals surface area contributed by atoms with Crippen molar-refractivity contribution in [1.82, 2.24) is 10.6 Å². The molecule has 0 unspecified atom stereocenters. The number of nitrogens with one attached hydrogen (secondary N) is 2. The Morgan fingerprint density at radius 3 is 2.23 bits per heavy atom. The van der Waals surface area contributed by atoms with Crippen LogP contribution in [-0.2, 0) is 20.8 Å². The number of unbranched alkanes of at least 4 members (excludes halogenated alkanes) is 3. The average molecular weight is 365 g/mol. The van der Waals surface area contributed by atoms with Crippen molar-refractivity contribution in [2.45, 2.75) is 64.5 Å². The Kier molecular flexibility index (Phi) is 9.33. The summed E-state index contributed by atoms with van der Waals surface area (Å²) in [5.41, 5.74) is 6.08. The lowest BCUT2D eigenvalue weighted by Crippen LogP contribution is -2.53. The summed E-state index contributed by atoms with van der Waals surface area (Å²) in [4.78, 5) is 35.6. The van der Waals surface area contributed by atoms with Crippen LogP contribution in [0.3, 0.4) is 0 Å². The highest BCUT2D eigenvalue weighted by Gasteiger charge is 2.25. The molecule has 0 saturated heterocycles. The zero-order valence-electron chi connectivity index (χ0n) is 15.4. The van der Waals surface area contributed by atoms with Crippen LogP contribution in [0.1, 0.15) is 51.5 Å². The van der Waals surface area contributed by atoms with Gasteiger partial charge in [-0.2, -0.15) is 0 Å². The second-order valence-electron chi connectivity index (χ2n) is 6.40. The van der Waals surface area contributed by atoms with E-state index in [9.17, 15) is 18.8 Å². The molecule has 1 aromatic rings. The molecule has 0 aliphatic rings. The lowest BCUT2D eigenvalue weighted by molar-refractivity contribution is -0.130. The minimum absolute atomic E-state index is 0.188. The van der Waals surface area contributed by atoms with Crippen molar-refractivity contribution in [3.63, 3.8) is 0 Å². The maximum absolute atomic E-state index is 13.0. The molecule has 0 fully saturated rings. The number of primary amides is 1. The second-order valence-corrected chi connectivity index (χ2v) is 6.40. The first-order chi connectivity index (χ1) is 12.3. The van der Waals surface area contributed by atoms with Crippen LogP contribution in [0.15, 0.2) is 24.3 Å². The number of carbonyl (C=O) groups is 3. The molecule has 7 heteroatoms. The van der Waals surface area contributed by atoms with Crippen LogP contribution in [0.4, 0.5) is 4.39 Å². The Morgan fingerprint density at radius 2 is 1.69 bits per heavy atom. The topological polar surface area (TPSA) is 101 Å². The highest BCUT2D eigenvalue weighted by Crippen LogP contribution is 2.09. The van der Waals surface area contributed by atoms with Crippen LogP contribution < -0.4 is 16.4 Å². The Labute approximate surface area is 153 Å². The molecule has 1 rings (SSSR count). The van der Waals surface area contributed by atoms with Crippen LogP contribution in [0, 0.1) is 5.82 Å². The zero-order chi connectivity index (χ0) is 19.5. The summed E-state index contributed by atoms with van der Waals surface area (Å²) >= 11 is 0. The summed E-state index contributed by atoms with van der Waals surface area (Å²) in [7, 11) is 0. The molecule has 4 N–H and O–H groups in total. The van der Waals surface area contributed by atoms with Crippen LogP contribution in [0.2, 0.25) is 0 Å². The summed E-state index contributed by atoms with van der Waals surface area (Å²) in [6, 6.07) is 4.04. The van der Waals surface area contributed by atoms with Gasteiger partial charge in [0, 0.05) is 13.3 Å². The molecule has 144 valence electrons. The maximum atomic E-state index is 13.0. The predicted molar refractivity (Wildman–Crippen MR) is 97.6 cm³/mol. The Morgan fingerprint density at radius 1 is 1.04 bits per heavy atom. The van der Waals surface area contributed by atoms with E-state index in [0.29, 0.717) is 12.0 Å². The van der Waals surface area contributed by atoms with Gasteiger partial charge in [0.1, 0.15) is 17.9 Å². The molecular weight excluding hydrogens is 337 g/mol. The number of benzene rings is 1. The van der Waals surface area contributed by atoms with E-state index < -0.39 is 23.9 Å². The fourth-order valence-corrected chi connectivity index (χ4v) is 2.64. The summed E-state index contributed by atoms with van der Waals surface area (Å²) in [6.07, 6.45) is 4.51. The highest BCUT2D eigenvalue weighted by atomic mass is 19.1. The van der Waals surface area contributed by atoms with Crippen molar-refractivity contribution < 1.29 is 18.8 Å². The molecule has 0 saturated carbocycles. The fourth-order valence-electron chi connectivity index (χ4n) is 2.64. The number of carbonyl (C=O) groups excluding carboxylic acids is 3. The van der Waals surface area contributed by atoms with E-state index in [1.807, 2.05) is 0 Å². The van der Waals surface area contributed by atoms with Gasteiger partial charge < -0.3 is 16.4 Å². The number of amides is 3. The van der Waals surface area contributed by atoms with Gasteiger partial charge in [-0.25, -0.2) is 4.39 Å². The summed E-state index contributed by atoms with van der Waals surface area (Å²) in [5.74, 6) is -1.83. The van der Waals surface area contributed by atoms with E-state index in [0.717, 1.165) is 25.7 Å². The average Bonchev–Trinajstić information content (AvgIpc) is 2.58. The number of halogens is 1. The molecule has 0 radical (unpaired) electrons. The highest BCUT2D eigenvalue weighted by molar-refractivity contribution is 5.91. The molecule has 0 heterocycles. The van der Waals surface area contributed by atoms with Gasteiger partial charge in [0.05, 0.1) is 0 Å². The van der Waals surface area contributed by atoms with E-state index in [-0.39, 0.29) is 18.1 Å². The largest absolute Gasteiger partial charge is 0.368 e. The lowest BCUT2D eigenvalue weighted by atomic mass is 10.0. The van der Waals surface area contributed by atoms with Gasteiger partial charge in [0.25, 0.3) is 0 Å². The van der Waals surface area contributed by atoms with E-state index in [2.05, 4.69) is 17.6 Å². The van der Waals surface area contributed by atoms with Gasteiger partial charge in [-0.15, -0.1) is 0 Å². The van der Waals surface area contributed by atoms with Crippen molar-refractivity contribution in [2.75, 3.05) is 0 Å². The molecule has 1 aromatic carbocycles. The molecule has 2 atom stereocenters. The van der Waals surface area contributed by atoms with Crippen LogP contribution in [-0.4, -0.2) is 29.8 Å². The molecule has 0 aliphatic heterocycles. The van der Waals surface area contributed by atoms with Crippen molar-refractivity contribution in [1.29, 1.82) is 0 Å². The third kappa shape index (κ3) is 8.09. The van der Waals surface area contributed by atoms with Gasteiger partial charge in [-0.1, -0.05) is 44.7 Å². The molecule has 26 heavy (non-hydrogen) atoms. The summed E-state index contributed by atoms with van der Waals surface area (Å²) < 4.78 is 13.0. The van der Waals surface area contributed by atoms with Crippen molar-refractivity contribution >= 4 is 17.7 Å². The van der Waals surface area contributed by atoms with E-state index >= 15 is 0 Å². The molecule has 0 aromatic heterocycles. The van der Waals surface area contributed by atoms with Gasteiger partial charge in [-0.05, 0) is 24.1 Å². The molecular formula is C19H28FN3O3. The SMILES string of the molecule is CCCCCC[C@H](NC(=O)[C@@H](Cc1ccc(F)cc1)NC(C)=O)C(N)=O. The van der Waals surface area contributed by atoms with Crippen molar-refractivity contribution in [3.8, 4) is 0 Å². The predicted octanol–water partition coefficient (Wildman–Crippen LogP) is 1.81. The Balaban J connectivity index is 2.74. The standard InChI is InChI=1S/C19H28FN3O3/c1-3-4-5-6-7-16(18(21)25)23-19(26)17(22-13(2)24)12-14-8-10-15(20)11-9-14/h8-11,16-17H,3-7,12H2,1-2H3,(H2,21,25)(H,22,24)(H,23,26)/t16-,17+/m0/s1. The summed E-state index contributed by atoms with van der Waals surface area (Å²) in [5, 5.41) is 5.19. The smallest absolute Gasteiger partial charge is 0.243 e. The summed E-state index contributed by atoms with van der Waals surface area (Å²) in [6.45, 7) is 3.39. The molecule has 3 amide bonds. The first-order valence-corrected chi connectivity index (χ1v) is 8.94. The third-order valence-corrected chi connectivity index (χ3v) is 4.05. The van der Waals surface area contributed by atoms with Gasteiger partial charge in [0.15, 0.2) is 0 Å². The maximum Gasteiger partial charge on any atom is 0.243 e. The molecule has 0 aliphatic carbocycles. The molecule has 0 spiro atoms. The van der Waals surface area contributed by atoms with Crippen molar-refractivity contribution in [3.05, 3.63) is 35.6 Å². The quantitative estimate of drug-likeness (QED) is 0.521. The van der Waals surface area contributed by atoms with Crippen LogP contribution >= 0.6 is 0 Å². The first kappa shape index (κ1) is 21.6. The zero-order valence-corrected chi connectivity index (χ0v) is 15.4. The van der Waals surface area contributed by atoms with Gasteiger partial charge >= 0.3 is 0 Å². The monoisotopic (exact) mass is 365 g/mol. The molecule has 6 nitrogen and oxygen atoms in total. The van der Waals surface area contributed by atoms with Gasteiger partial charge in [-0.3, -0.25) is 14.4 Å². The minimum Gasteiger partial charge on any atom is -0.368 e. The second kappa shape index (κ2) is 11.2. The van der Waals surface area contributed by atoms with Crippen LogP contribution in [0.5, 0.6) is 0 Å². The van der Waals surface area contributed by atoms with E-state index in [1.165, 1.54) is 19.1 Å². The van der Waals surface area contributed by atoms with E-state index in [1.54, 1.807) is 12.1 Å². The van der Waals surface area contributed by atoms with E-state index in [4.69, 9.17) is 5.73 Å². The fraction of sp³-hybridized carbons (Fsp3) is 0.526. The Bertz CT molecular complexity index is 605. The number of hydrogen-bond acceptors (Lipinski definition) is 3. The van der Waals surface area contributed by atoms with Gasteiger partial charge in [0.2, 0.25) is 17.7 Å². The van der Waals surface area contributed by atoms with Crippen LogP contribution in [0.25, 0.3) is 0 Å². The third-order valence-electron chi connectivity index (χ3n) is 4.05. The first-order valence-electron chi connectivity index (χ1n) is 8.94. The number of rotatable bonds is 11. The lowest BCUT2D eigenvalue weighted by Gasteiger charge is -2.21. The Hall–Kier alpha value is -2.44. The number of hydrogen-bond donors (Lipinski definition) is 3. The minimum atomic E-state index is -0.865.